The van der Waals surface area contributed by atoms with Gasteiger partial charge in [0, 0.05) is 29.4 Å². The number of Topliss-reactive ketones (excluding diaryl/α,β-unsaturated/α-hetero) is 1. The molecular weight excluding hydrogens is 379 g/mol. The number of pyridine rings is 1. The number of halogens is 1. The van der Waals surface area contributed by atoms with E-state index in [1.54, 1.807) is 41.2 Å². The molecule has 0 amide bonds. The van der Waals surface area contributed by atoms with Gasteiger partial charge in [0.2, 0.25) is 0 Å². The molecule has 9 heteroatoms. The summed E-state index contributed by atoms with van der Waals surface area (Å²) in [5, 5.41) is 25.4. The first-order valence-electron chi connectivity index (χ1n) is 8.23. The number of ketones is 1. The van der Waals surface area contributed by atoms with Crippen LogP contribution in [0.2, 0.25) is 0 Å². The quantitative estimate of drug-likeness (QED) is 0.486. The van der Waals surface area contributed by atoms with E-state index in [0.717, 1.165) is 17.3 Å². The third kappa shape index (κ3) is 4.13. The van der Waals surface area contributed by atoms with Gasteiger partial charge in [-0.25, -0.2) is 4.39 Å². The molecule has 0 bridgehead atoms. The molecule has 28 heavy (non-hydrogen) atoms. The second kappa shape index (κ2) is 8.54. The van der Waals surface area contributed by atoms with Crippen molar-refractivity contribution in [3.05, 3.63) is 54.6 Å². The fourth-order valence-corrected chi connectivity index (χ4v) is 3.36. The van der Waals surface area contributed by atoms with Crippen molar-refractivity contribution in [2.24, 2.45) is 5.92 Å². The Morgan fingerprint density at radius 3 is 2.54 bits per heavy atom. The van der Waals surface area contributed by atoms with Crippen LogP contribution in [0.1, 0.15) is 6.92 Å². The molecule has 0 saturated heterocycles. The van der Waals surface area contributed by atoms with Crippen molar-refractivity contribution in [1.29, 1.82) is 10.7 Å². The van der Waals surface area contributed by atoms with E-state index < -0.39 is 5.92 Å². The summed E-state index contributed by atoms with van der Waals surface area (Å²) >= 11 is 1.11. The molecule has 0 saturated carbocycles. The van der Waals surface area contributed by atoms with Crippen LogP contribution in [0.5, 0.6) is 0 Å². The maximum Gasteiger partial charge on any atom is 0.196 e. The molecule has 1 aromatic carbocycles. The normalized spacial score (nSPS) is 11.6. The number of nitrogens with one attached hydrogen (secondary N) is 1. The fraction of sp³-hybridized carbons (Fsp3) is 0.158. The van der Waals surface area contributed by atoms with Crippen LogP contribution >= 0.6 is 11.8 Å². The van der Waals surface area contributed by atoms with Gasteiger partial charge >= 0.3 is 0 Å². The average molecular weight is 394 g/mol. The first-order chi connectivity index (χ1) is 13.5. The van der Waals surface area contributed by atoms with E-state index in [0.29, 0.717) is 16.7 Å². The van der Waals surface area contributed by atoms with Crippen LogP contribution in [0.15, 0.2) is 53.9 Å². The molecule has 1 N–H and O–H groups in total. The molecule has 0 aliphatic heterocycles. The van der Waals surface area contributed by atoms with Crippen LogP contribution < -0.4 is 0 Å². The van der Waals surface area contributed by atoms with Gasteiger partial charge in [0.05, 0.1) is 11.8 Å². The van der Waals surface area contributed by atoms with Gasteiger partial charge in [-0.1, -0.05) is 11.8 Å². The topological polar surface area (TPSA) is 108 Å². The molecule has 3 aromatic rings. The summed E-state index contributed by atoms with van der Waals surface area (Å²) in [5.41, 5.74) is 1.40. The van der Waals surface area contributed by atoms with Gasteiger partial charge in [-0.3, -0.25) is 14.3 Å². The zero-order valence-electron chi connectivity index (χ0n) is 14.8. The predicted octanol–water partition coefficient (Wildman–Crippen LogP) is 3.31. The Morgan fingerprint density at radius 2 is 1.93 bits per heavy atom. The largest absolute Gasteiger partial charge is 0.308 e. The van der Waals surface area contributed by atoms with Crippen molar-refractivity contribution in [2.75, 3.05) is 5.75 Å². The monoisotopic (exact) mass is 394 g/mol. The van der Waals surface area contributed by atoms with Gasteiger partial charge in [-0.15, -0.1) is 10.2 Å². The number of carbonyl (C=O) groups is 1. The van der Waals surface area contributed by atoms with Gasteiger partial charge in [0.25, 0.3) is 0 Å². The van der Waals surface area contributed by atoms with Gasteiger partial charge in [0.15, 0.2) is 16.8 Å². The maximum absolute atomic E-state index is 13.4. The predicted molar refractivity (Wildman–Crippen MR) is 103 cm³/mol. The van der Waals surface area contributed by atoms with Crippen LogP contribution in [0.3, 0.4) is 0 Å². The zero-order chi connectivity index (χ0) is 20.1. The average Bonchev–Trinajstić information content (AvgIpc) is 3.12. The Balaban J connectivity index is 1.97. The van der Waals surface area contributed by atoms with Crippen molar-refractivity contribution in [2.45, 2.75) is 12.1 Å². The molecule has 140 valence electrons. The van der Waals surface area contributed by atoms with Crippen molar-refractivity contribution < 1.29 is 9.18 Å². The number of benzene rings is 1. The Labute approximate surface area is 164 Å². The molecule has 2 heterocycles. The summed E-state index contributed by atoms with van der Waals surface area (Å²) in [6, 6.07) is 11.2. The van der Waals surface area contributed by atoms with Gasteiger partial charge in [0.1, 0.15) is 11.7 Å². The summed E-state index contributed by atoms with van der Waals surface area (Å²) in [6.07, 6.45) is 3.25. The smallest absolute Gasteiger partial charge is 0.196 e. The van der Waals surface area contributed by atoms with Crippen molar-refractivity contribution in [3.8, 4) is 23.1 Å². The molecule has 0 fully saturated rings. The lowest BCUT2D eigenvalue weighted by atomic mass is 10.0. The van der Waals surface area contributed by atoms with E-state index in [1.165, 1.54) is 19.1 Å². The second-order valence-electron chi connectivity index (χ2n) is 5.85. The number of nitrogens with zero attached hydrogens (tertiary/aromatic N) is 5. The van der Waals surface area contributed by atoms with Crippen LogP contribution in [-0.2, 0) is 4.79 Å². The molecule has 0 aliphatic rings. The van der Waals surface area contributed by atoms with E-state index in [9.17, 15) is 9.18 Å². The van der Waals surface area contributed by atoms with Crippen LogP contribution in [-0.4, -0.2) is 37.0 Å². The minimum absolute atomic E-state index is 0.00516. The number of carbonyl (C=O) groups excluding carboxylic acids is 1. The highest BCUT2D eigenvalue weighted by Crippen LogP contribution is 2.28. The Kier molecular flexibility index (Phi) is 5.91. The highest BCUT2D eigenvalue weighted by atomic mass is 32.2. The zero-order valence-corrected chi connectivity index (χ0v) is 15.7. The lowest BCUT2D eigenvalue weighted by molar-refractivity contribution is -0.117. The van der Waals surface area contributed by atoms with Crippen molar-refractivity contribution in [3.63, 3.8) is 0 Å². The third-order valence-electron chi connectivity index (χ3n) is 3.88. The second-order valence-corrected chi connectivity index (χ2v) is 6.80. The van der Waals surface area contributed by atoms with Gasteiger partial charge in [-0.2, -0.15) is 5.26 Å². The van der Waals surface area contributed by atoms with E-state index in [4.69, 9.17) is 10.7 Å². The Bertz CT molecular complexity index is 1040. The van der Waals surface area contributed by atoms with Crippen LogP contribution in [0.4, 0.5) is 4.39 Å². The minimum atomic E-state index is -1.07. The molecule has 2 aromatic heterocycles. The molecule has 7 nitrogen and oxygen atoms in total. The van der Waals surface area contributed by atoms with E-state index in [-0.39, 0.29) is 23.1 Å². The molecule has 0 radical (unpaired) electrons. The van der Waals surface area contributed by atoms with Gasteiger partial charge < -0.3 is 5.41 Å². The minimum Gasteiger partial charge on any atom is -0.308 e. The SMILES string of the molecule is CC(=N)C(C#N)C(=O)CSc1nnc(-c2ccncc2)n1-c1ccc(F)cc1. The highest BCUT2D eigenvalue weighted by Gasteiger charge is 2.22. The number of nitriles is 1. The molecular formula is C19H15FN6OS. The third-order valence-corrected chi connectivity index (χ3v) is 4.84. The van der Waals surface area contributed by atoms with Crippen LogP contribution in [0.25, 0.3) is 17.1 Å². The molecule has 0 spiro atoms. The summed E-state index contributed by atoms with van der Waals surface area (Å²) in [5.74, 6) is -1.34. The standard InChI is InChI=1S/C19H15FN6OS/c1-12(22)16(10-21)17(27)11-28-19-25-24-18(13-6-8-23-9-7-13)26(19)15-4-2-14(20)3-5-15/h2-9,16,22H,11H2,1H3. The number of thioether (sulfide) groups is 1. The lowest BCUT2D eigenvalue weighted by Gasteiger charge is -2.11. The first kappa shape index (κ1) is 19.4. The molecule has 1 atom stereocenters. The van der Waals surface area contributed by atoms with E-state index in [2.05, 4.69) is 15.2 Å². The first-order valence-corrected chi connectivity index (χ1v) is 9.21. The Morgan fingerprint density at radius 1 is 1.25 bits per heavy atom. The number of hydrogen-bond acceptors (Lipinski definition) is 7. The Hall–Kier alpha value is -3.38. The number of aromatic nitrogens is 4. The number of rotatable bonds is 7. The fourth-order valence-electron chi connectivity index (χ4n) is 2.50. The molecule has 1 unspecified atom stereocenters. The van der Waals surface area contributed by atoms with E-state index in [1.807, 2.05) is 6.07 Å². The molecule has 3 rings (SSSR count). The summed E-state index contributed by atoms with van der Waals surface area (Å²) < 4.78 is 15.1. The highest BCUT2D eigenvalue weighted by molar-refractivity contribution is 7.99. The maximum atomic E-state index is 13.4. The molecule has 0 aliphatic carbocycles. The summed E-state index contributed by atoms with van der Waals surface area (Å²) in [6.45, 7) is 1.43. The van der Waals surface area contributed by atoms with Gasteiger partial charge in [-0.05, 0) is 43.3 Å². The van der Waals surface area contributed by atoms with Crippen molar-refractivity contribution in [1.82, 2.24) is 19.7 Å². The van der Waals surface area contributed by atoms with E-state index >= 15 is 0 Å². The summed E-state index contributed by atoms with van der Waals surface area (Å²) in [7, 11) is 0. The van der Waals surface area contributed by atoms with Crippen molar-refractivity contribution >= 4 is 23.3 Å². The summed E-state index contributed by atoms with van der Waals surface area (Å²) in [4.78, 5) is 16.2. The van der Waals surface area contributed by atoms with Crippen LogP contribution in [0, 0.1) is 28.5 Å². The number of hydrogen-bond donors (Lipinski definition) is 1. The lowest BCUT2D eigenvalue weighted by Crippen LogP contribution is -2.21.